The third-order valence-corrected chi connectivity index (χ3v) is 4.97. The van der Waals surface area contributed by atoms with Crippen LogP contribution in [0.4, 0.5) is 4.39 Å². The van der Waals surface area contributed by atoms with Gasteiger partial charge >= 0.3 is 0 Å². The van der Waals surface area contributed by atoms with Crippen LogP contribution in [-0.4, -0.2) is 36.1 Å². The number of hydrogen-bond donors (Lipinski definition) is 0. The van der Waals surface area contributed by atoms with Gasteiger partial charge in [-0.05, 0) is 74.0 Å². The van der Waals surface area contributed by atoms with Crippen molar-refractivity contribution in [1.82, 2.24) is 9.88 Å². The van der Waals surface area contributed by atoms with Gasteiger partial charge in [-0.3, -0.25) is 9.88 Å². The topological polar surface area (TPSA) is 25.4 Å². The summed E-state index contributed by atoms with van der Waals surface area (Å²) >= 11 is 0. The van der Waals surface area contributed by atoms with Crippen molar-refractivity contribution in [3.63, 3.8) is 0 Å². The van der Waals surface area contributed by atoms with Crippen LogP contribution in [0.2, 0.25) is 0 Å². The van der Waals surface area contributed by atoms with Crippen molar-refractivity contribution >= 4 is 0 Å². The lowest BCUT2D eigenvalue weighted by atomic mass is 10.1. The van der Waals surface area contributed by atoms with E-state index in [0.717, 1.165) is 41.3 Å². The van der Waals surface area contributed by atoms with Crippen LogP contribution in [-0.2, 0) is 0 Å². The van der Waals surface area contributed by atoms with Crippen LogP contribution in [0.1, 0.15) is 12.8 Å². The van der Waals surface area contributed by atoms with Gasteiger partial charge in [0.1, 0.15) is 18.2 Å². The Morgan fingerprint density at radius 1 is 0.815 bits per heavy atom. The van der Waals surface area contributed by atoms with Gasteiger partial charge in [-0.2, -0.15) is 0 Å². The smallest absolute Gasteiger partial charge is 0.123 e. The number of pyridine rings is 1. The Morgan fingerprint density at radius 3 is 2.15 bits per heavy atom. The number of hydrogen-bond acceptors (Lipinski definition) is 3. The molecule has 1 saturated heterocycles. The minimum Gasteiger partial charge on any atom is -0.492 e. The van der Waals surface area contributed by atoms with E-state index in [1.165, 1.54) is 38.1 Å². The first kappa shape index (κ1) is 17.7. The highest BCUT2D eigenvalue weighted by atomic mass is 19.1. The summed E-state index contributed by atoms with van der Waals surface area (Å²) in [7, 11) is 0. The molecule has 1 aliphatic rings. The van der Waals surface area contributed by atoms with E-state index in [4.69, 9.17) is 4.74 Å². The Balaban J connectivity index is 1.37. The maximum Gasteiger partial charge on any atom is 0.123 e. The number of halogens is 1. The quantitative estimate of drug-likeness (QED) is 0.615. The van der Waals surface area contributed by atoms with E-state index in [-0.39, 0.29) is 5.82 Å². The average molecular weight is 362 g/mol. The van der Waals surface area contributed by atoms with Crippen LogP contribution >= 0.6 is 0 Å². The van der Waals surface area contributed by atoms with Gasteiger partial charge < -0.3 is 4.74 Å². The standard InChI is InChI=1S/C23H23FN2O/c24-21-8-3-18(4-9-21)20-7-12-23(25-17-20)19-5-10-22(11-6-19)27-16-15-26-13-1-2-14-26/h3-12,17H,1-2,13-16H2. The number of likely N-dealkylation sites (tertiary alicyclic amines) is 1. The Kier molecular flexibility index (Phi) is 5.45. The number of ether oxygens (including phenoxy) is 1. The summed E-state index contributed by atoms with van der Waals surface area (Å²) in [4.78, 5) is 7.00. The highest BCUT2D eigenvalue weighted by Crippen LogP contribution is 2.24. The lowest BCUT2D eigenvalue weighted by Crippen LogP contribution is -2.25. The van der Waals surface area contributed by atoms with Crippen molar-refractivity contribution in [1.29, 1.82) is 0 Å². The van der Waals surface area contributed by atoms with Crippen molar-refractivity contribution in [3.05, 3.63) is 72.7 Å². The van der Waals surface area contributed by atoms with E-state index in [9.17, 15) is 4.39 Å². The molecule has 4 rings (SSSR count). The van der Waals surface area contributed by atoms with Gasteiger partial charge in [0.2, 0.25) is 0 Å². The number of aromatic nitrogens is 1. The largest absolute Gasteiger partial charge is 0.492 e. The molecule has 138 valence electrons. The van der Waals surface area contributed by atoms with Gasteiger partial charge in [0.15, 0.2) is 0 Å². The summed E-state index contributed by atoms with van der Waals surface area (Å²) in [5, 5.41) is 0. The molecule has 0 aliphatic carbocycles. The second-order valence-corrected chi connectivity index (χ2v) is 6.86. The molecule has 2 aromatic carbocycles. The lowest BCUT2D eigenvalue weighted by Gasteiger charge is -2.15. The van der Waals surface area contributed by atoms with Gasteiger partial charge in [0.25, 0.3) is 0 Å². The molecule has 3 aromatic rings. The first-order valence-corrected chi connectivity index (χ1v) is 9.45. The Morgan fingerprint density at radius 2 is 1.48 bits per heavy atom. The molecule has 0 saturated carbocycles. The Bertz CT molecular complexity index is 854. The molecule has 4 heteroatoms. The summed E-state index contributed by atoms with van der Waals surface area (Å²) in [6.45, 7) is 4.11. The first-order chi connectivity index (χ1) is 13.3. The maximum atomic E-state index is 13.0. The van der Waals surface area contributed by atoms with E-state index >= 15 is 0 Å². The maximum absolute atomic E-state index is 13.0. The monoisotopic (exact) mass is 362 g/mol. The van der Waals surface area contributed by atoms with Gasteiger partial charge in [0, 0.05) is 23.9 Å². The van der Waals surface area contributed by atoms with Crippen molar-refractivity contribution in [3.8, 4) is 28.1 Å². The van der Waals surface area contributed by atoms with E-state index in [0.29, 0.717) is 0 Å². The summed E-state index contributed by atoms with van der Waals surface area (Å²) in [5.41, 5.74) is 3.88. The molecule has 0 unspecified atom stereocenters. The number of benzene rings is 2. The van der Waals surface area contributed by atoms with E-state index in [1.54, 1.807) is 12.1 Å². The molecular weight excluding hydrogens is 339 g/mol. The zero-order chi connectivity index (χ0) is 18.5. The molecule has 1 aliphatic heterocycles. The summed E-state index contributed by atoms with van der Waals surface area (Å²) < 4.78 is 18.9. The molecule has 0 atom stereocenters. The third-order valence-electron chi connectivity index (χ3n) is 4.97. The van der Waals surface area contributed by atoms with Crippen LogP contribution < -0.4 is 4.74 Å². The molecule has 0 spiro atoms. The molecule has 1 aromatic heterocycles. The first-order valence-electron chi connectivity index (χ1n) is 9.45. The average Bonchev–Trinajstić information content (AvgIpc) is 3.23. The molecule has 3 nitrogen and oxygen atoms in total. The molecule has 0 bridgehead atoms. The lowest BCUT2D eigenvalue weighted by molar-refractivity contribution is 0.238. The SMILES string of the molecule is Fc1ccc(-c2ccc(-c3ccc(OCCN4CCCC4)cc3)nc2)cc1. The molecule has 2 heterocycles. The van der Waals surface area contributed by atoms with Gasteiger partial charge in [-0.25, -0.2) is 4.39 Å². The normalized spacial score (nSPS) is 14.4. The van der Waals surface area contributed by atoms with Crippen molar-refractivity contribution in [2.75, 3.05) is 26.2 Å². The van der Waals surface area contributed by atoms with Crippen molar-refractivity contribution in [2.24, 2.45) is 0 Å². The zero-order valence-electron chi connectivity index (χ0n) is 15.3. The van der Waals surface area contributed by atoms with E-state index in [2.05, 4.69) is 9.88 Å². The van der Waals surface area contributed by atoms with Crippen molar-refractivity contribution in [2.45, 2.75) is 12.8 Å². The van der Waals surface area contributed by atoms with Gasteiger partial charge in [-0.15, -0.1) is 0 Å². The minimum atomic E-state index is -0.230. The van der Waals surface area contributed by atoms with Gasteiger partial charge in [-0.1, -0.05) is 18.2 Å². The predicted molar refractivity (Wildman–Crippen MR) is 106 cm³/mol. The third kappa shape index (κ3) is 4.52. The zero-order valence-corrected chi connectivity index (χ0v) is 15.3. The predicted octanol–water partition coefficient (Wildman–Crippen LogP) is 5.03. The second kappa shape index (κ2) is 8.31. The highest BCUT2D eigenvalue weighted by Gasteiger charge is 2.10. The minimum absolute atomic E-state index is 0.230. The Labute approximate surface area is 159 Å². The highest BCUT2D eigenvalue weighted by molar-refractivity contribution is 5.67. The molecule has 1 fully saturated rings. The molecular formula is C23H23FN2O. The van der Waals surface area contributed by atoms with Crippen molar-refractivity contribution < 1.29 is 9.13 Å². The molecule has 0 radical (unpaired) electrons. The fourth-order valence-electron chi connectivity index (χ4n) is 3.40. The van der Waals surface area contributed by atoms with E-state index < -0.39 is 0 Å². The fourth-order valence-corrected chi connectivity index (χ4v) is 3.40. The molecule has 27 heavy (non-hydrogen) atoms. The Hall–Kier alpha value is -2.72. The van der Waals surface area contributed by atoms with Crippen LogP contribution in [0, 0.1) is 5.82 Å². The van der Waals surface area contributed by atoms with Gasteiger partial charge in [0.05, 0.1) is 5.69 Å². The number of rotatable bonds is 6. The fraction of sp³-hybridized carbons (Fsp3) is 0.261. The molecule has 0 amide bonds. The summed E-state index contributed by atoms with van der Waals surface area (Å²) in [6, 6.07) is 18.5. The van der Waals surface area contributed by atoms with Crippen LogP contribution in [0.25, 0.3) is 22.4 Å². The van der Waals surface area contributed by atoms with Crippen LogP contribution in [0.5, 0.6) is 5.75 Å². The van der Waals surface area contributed by atoms with Crippen LogP contribution in [0.3, 0.4) is 0 Å². The van der Waals surface area contributed by atoms with E-state index in [1.807, 2.05) is 42.6 Å². The van der Waals surface area contributed by atoms with Crippen LogP contribution in [0.15, 0.2) is 66.9 Å². The second-order valence-electron chi connectivity index (χ2n) is 6.86. The summed E-state index contributed by atoms with van der Waals surface area (Å²) in [5.74, 6) is 0.659. The number of nitrogens with zero attached hydrogens (tertiary/aromatic N) is 2. The molecule has 0 N–H and O–H groups in total. The summed E-state index contributed by atoms with van der Waals surface area (Å²) in [6.07, 6.45) is 4.44.